The Morgan fingerprint density at radius 2 is 1.91 bits per heavy atom. The van der Waals surface area contributed by atoms with Crippen LogP contribution < -0.4 is 21.3 Å². The smallest absolute Gasteiger partial charge is 0.289 e. The van der Waals surface area contributed by atoms with Crippen molar-refractivity contribution >= 4 is 46.7 Å². The van der Waals surface area contributed by atoms with Gasteiger partial charge < -0.3 is 21.3 Å². The molecule has 0 radical (unpaired) electrons. The van der Waals surface area contributed by atoms with Gasteiger partial charge in [0.1, 0.15) is 0 Å². The number of ketones is 1. The number of hydrogen-bond acceptors (Lipinski definition) is 5. The van der Waals surface area contributed by atoms with E-state index in [-0.39, 0.29) is 47.5 Å². The predicted octanol–water partition coefficient (Wildman–Crippen LogP) is 2.01. The second-order valence-electron chi connectivity index (χ2n) is 8.41. The van der Waals surface area contributed by atoms with Gasteiger partial charge in [-0.15, -0.1) is 0 Å². The first-order chi connectivity index (χ1) is 16.1. The van der Waals surface area contributed by atoms with Gasteiger partial charge in [0, 0.05) is 36.4 Å². The minimum atomic E-state index is -1.25. The number of hydrogen-bond donors (Lipinski definition) is 4. The normalized spacial score (nSPS) is 17.9. The van der Waals surface area contributed by atoms with E-state index in [0.29, 0.717) is 13.0 Å². The second kappa shape index (κ2) is 11.2. The maximum Gasteiger partial charge on any atom is 0.289 e. The van der Waals surface area contributed by atoms with Crippen molar-refractivity contribution in [1.82, 2.24) is 16.0 Å². The van der Waals surface area contributed by atoms with Crippen LogP contribution in [0.2, 0.25) is 5.02 Å². The highest BCUT2D eigenvalue weighted by Crippen LogP contribution is 2.23. The van der Waals surface area contributed by atoms with Gasteiger partial charge in [-0.2, -0.15) is 0 Å². The lowest BCUT2D eigenvalue weighted by Crippen LogP contribution is -2.49. The Labute approximate surface area is 200 Å². The molecule has 4 N–H and O–H groups in total. The topological polar surface area (TPSA) is 133 Å². The Balaban J connectivity index is 1.77. The average Bonchev–Trinajstić information content (AvgIpc) is 3.51. The zero-order valence-electron chi connectivity index (χ0n) is 18.4. The van der Waals surface area contributed by atoms with Gasteiger partial charge in [0.2, 0.25) is 17.6 Å². The Bertz CT molecular complexity index is 1030. The number of benzene rings is 1. The number of amides is 4. The van der Waals surface area contributed by atoms with Gasteiger partial charge in [-0.1, -0.05) is 18.2 Å². The van der Waals surface area contributed by atoms with E-state index in [1.54, 1.807) is 0 Å². The fourth-order valence-corrected chi connectivity index (χ4v) is 3.71. The van der Waals surface area contributed by atoms with Gasteiger partial charge in [-0.05, 0) is 43.9 Å². The first kappa shape index (κ1) is 25.4. The number of halogens is 2. The van der Waals surface area contributed by atoms with Crippen molar-refractivity contribution in [3.8, 4) is 0 Å². The van der Waals surface area contributed by atoms with Gasteiger partial charge in [0.15, 0.2) is 0 Å². The molecular weight excluding hydrogens is 467 g/mol. The molecule has 2 aliphatic rings. The fraction of sp³-hybridized carbons (Fsp3) is 0.435. The third kappa shape index (κ3) is 7.11. The van der Waals surface area contributed by atoms with Crippen molar-refractivity contribution in [2.75, 3.05) is 11.9 Å². The molecule has 1 saturated carbocycles. The van der Waals surface area contributed by atoms with Crippen LogP contribution in [0.5, 0.6) is 0 Å². The Kier molecular flexibility index (Phi) is 8.38. The lowest BCUT2D eigenvalue weighted by atomic mass is 9.95. The molecule has 1 aliphatic heterocycles. The molecule has 34 heavy (non-hydrogen) atoms. The van der Waals surface area contributed by atoms with Gasteiger partial charge in [0.05, 0.1) is 23.1 Å². The van der Waals surface area contributed by atoms with Crippen LogP contribution in [0.3, 0.4) is 0 Å². The molecule has 2 fully saturated rings. The molecule has 1 aromatic rings. The molecule has 0 bridgehead atoms. The molecule has 9 nitrogen and oxygen atoms in total. The highest BCUT2D eigenvalue weighted by molar-refractivity contribution is 6.38. The van der Waals surface area contributed by atoms with Crippen molar-refractivity contribution < 1.29 is 28.4 Å². The average molecular weight is 493 g/mol. The van der Waals surface area contributed by atoms with E-state index < -0.39 is 41.3 Å². The van der Waals surface area contributed by atoms with Crippen LogP contribution in [0.1, 0.15) is 48.9 Å². The van der Waals surface area contributed by atoms with Crippen molar-refractivity contribution in [3.63, 3.8) is 0 Å². The standard InChI is InChI=1S/C23H26ClFN4O5/c1-12(25)2-7-19(30)28-17-6-3-14(24)11-16(17)22(33)29-18(10-13-8-9-26-21(13)32)20(31)23(34)27-15-4-5-15/h3,6,11,13,15,18H,1-2,4-5,7-10H2,(H,26,32)(H,27,34)(H,28,30)(H,29,33)/t13-,18-/m0/s1. The third-order valence-corrected chi connectivity index (χ3v) is 5.80. The van der Waals surface area contributed by atoms with Gasteiger partial charge in [-0.25, -0.2) is 4.39 Å². The molecule has 2 atom stereocenters. The number of Topliss-reactive ketones (excluding diaryl/α,β-unsaturated/α-hetero) is 1. The Hall–Kier alpha value is -3.27. The van der Waals surface area contributed by atoms with Crippen LogP contribution >= 0.6 is 11.6 Å². The quantitative estimate of drug-likeness (QED) is 0.351. The van der Waals surface area contributed by atoms with Crippen LogP contribution in [0.25, 0.3) is 0 Å². The number of carbonyl (C=O) groups excluding carboxylic acids is 5. The number of rotatable bonds is 11. The van der Waals surface area contributed by atoms with E-state index in [4.69, 9.17) is 11.6 Å². The summed E-state index contributed by atoms with van der Waals surface area (Å²) >= 11 is 6.03. The zero-order chi connectivity index (χ0) is 24.8. The molecule has 0 spiro atoms. The summed E-state index contributed by atoms with van der Waals surface area (Å²) in [5.74, 6) is -4.41. The lowest BCUT2D eigenvalue weighted by molar-refractivity contribution is -0.139. The van der Waals surface area contributed by atoms with Gasteiger partial charge in [-0.3, -0.25) is 24.0 Å². The molecule has 4 amide bonds. The molecule has 1 aliphatic carbocycles. The van der Waals surface area contributed by atoms with Crippen LogP contribution in [0, 0.1) is 5.92 Å². The van der Waals surface area contributed by atoms with E-state index >= 15 is 0 Å². The van der Waals surface area contributed by atoms with Gasteiger partial charge in [0.25, 0.3) is 11.8 Å². The van der Waals surface area contributed by atoms with Crippen molar-refractivity contribution in [2.45, 2.75) is 50.6 Å². The van der Waals surface area contributed by atoms with Crippen LogP contribution in [0.15, 0.2) is 30.6 Å². The minimum absolute atomic E-state index is 0.0452. The molecule has 11 heteroatoms. The van der Waals surface area contributed by atoms with Crippen LogP contribution in [-0.4, -0.2) is 48.0 Å². The molecule has 1 heterocycles. The number of allylic oxidation sites excluding steroid dienone is 1. The third-order valence-electron chi connectivity index (χ3n) is 5.56. The second-order valence-corrected chi connectivity index (χ2v) is 8.84. The summed E-state index contributed by atoms with van der Waals surface area (Å²) < 4.78 is 12.9. The van der Waals surface area contributed by atoms with Crippen molar-refractivity contribution in [1.29, 1.82) is 0 Å². The highest BCUT2D eigenvalue weighted by atomic mass is 35.5. The van der Waals surface area contributed by atoms with E-state index in [1.165, 1.54) is 18.2 Å². The van der Waals surface area contributed by atoms with Crippen LogP contribution in [-0.2, 0) is 19.2 Å². The van der Waals surface area contributed by atoms with E-state index in [9.17, 15) is 28.4 Å². The first-order valence-corrected chi connectivity index (χ1v) is 11.4. The SMILES string of the molecule is C=C(F)CCC(=O)Nc1ccc(Cl)cc1C(=O)N[C@@H](C[C@@H]1CCNC1=O)C(=O)C(=O)NC1CC1. The maximum atomic E-state index is 13.1. The molecule has 0 aromatic heterocycles. The molecule has 182 valence electrons. The summed E-state index contributed by atoms with van der Waals surface area (Å²) in [5, 5.41) is 10.5. The summed E-state index contributed by atoms with van der Waals surface area (Å²) in [5.41, 5.74) is 0.0554. The predicted molar refractivity (Wildman–Crippen MR) is 123 cm³/mol. The van der Waals surface area contributed by atoms with Crippen LogP contribution in [0.4, 0.5) is 10.1 Å². The first-order valence-electron chi connectivity index (χ1n) is 11.0. The molecular formula is C23H26ClFN4O5. The largest absolute Gasteiger partial charge is 0.356 e. The van der Waals surface area contributed by atoms with Crippen molar-refractivity contribution in [2.24, 2.45) is 5.92 Å². The zero-order valence-corrected chi connectivity index (χ0v) is 19.2. The maximum absolute atomic E-state index is 13.1. The lowest BCUT2D eigenvalue weighted by Gasteiger charge is -2.20. The molecule has 1 saturated heterocycles. The van der Waals surface area contributed by atoms with E-state index in [1.807, 2.05) is 0 Å². The molecule has 0 unspecified atom stereocenters. The van der Waals surface area contributed by atoms with E-state index in [2.05, 4.69) is 27.8 Å². The highest BCUT2D eigenvalue weighted by Gasteiger charge is 2.36. The number of nitrogens with one attached hydrogen (secondary N) is 4. The summed E-state index contributed by atoms with van der Waals surface area (Å²) in [7, 11) is 0. The molecule has 1 aromatic carbocycles. The summed E-state index contributed by atoms with van der Waals surface area (Å²) in [6, 6.07) is 2.85. The summed E-state index contributed by atoms with van der Waals surface area (Å²) in [6.45, 7) is 3.55. The Morgan fingerprint density at radius 1 is 1.18 bits per heavy atom. The monoisotopic (exact) mass is 492 g/mol. The number of carbonyl (C=O) groups is 5. The van der Waals surface area contributed by atoms with E-state index in [0.717, 1.165) is 12.8 Å². The Morgan fingerprint density at radius 3 is 2.53 bits per heavy atom. The minimum Gasteiger partial charge on any atom is -0.356 e. The van der Waals surface area contributed by atoms with Crippen molar-refractivity contribution in [3.05, 3.63) is 41.2 Å². The fourth-order valence-electron chi connectivity index (χ4n) is 3.54. The number of anilines is 1. The van der Waals surface area contributed by atoms with Gasteiger partial charge >= 0.3 is 0 Å². The molecule has 3 rings (SSSR count). The summed E-state index contributed by atoms with van der Waals surface area (Å²) in [4.78, 5) is 62.5. The summed E-state index contributed by atoms with van der Waals surface area (Å²) in [6.07, 6.45) is 1.64.